The van der Waals surface area contributed by atoms with Crippen molar-refractivity contribution in [3.8, 4) is 6.01 Å². The number of ether oxygens (including phenoxy) is 1. The molecule has 1 amide bonds. The van der Waals surface area contributed by atoms with E-state index in [0.29, 0.717) is 25.5 Å². The van der Waals surface area contributed by atoms with E-state index in [-0.39, 0.29) is 29.1 Å². The first-order chi connectivity index (χ1) is 12.8. The van der Waals surface area contributed by atoms with Crippen LogP contribution in [-0.4, -0.2) is 54.1 Å². The van der Waals surface area contributed by atoms with Gasteiger partial charge in [0.15, 0.2) is 9.84 Å². The largest absolute Gasteiger partial charge is 0.458 e. The number of sulfone groups is 1. The number of aromatic nitrogens is 2. The highest BCUT2D eigenvalue weighted by molar-refractivity contribution is 7.91. The van der Waals surface area contributed by atoms with Gasteiger partial charge in [0.25, 0.3) is 0 Å². The van der Waals surface area contributed by atoms with Gasteiger partial charge in [0.05, 0.1) is 17.2 Å². The average Bonchev–Trinajstić information content (AvgIpc) is 3.08. The van der Waals surface area contributed by atoms with E-state index in [9.17, 15) is 13.2 Å². The van der Waals surface area contributed by atoms with E-state index in [2.05, 4.69) is 9.97 Å². The van der Waals surface area contributed by atoms with Gasteiger partial charge < -0.3 is 9.64 Å². The Morgan fingerprint density at radius 1 is 1.19 bits per heavy atom. The first-order valence-electron chi connectivity index (χ1n) is 8.88. The van der Waals surface area contributed by atoms with E-state index in [4.69, 9.17) is 4.74 Å². The van der Waals surface area contributed by atoms with Crippen molar-refractivity contribution in [1.29, 1.82) is 0 Å². The van der Waals surface area contributed by atoms with Gasteiger partial charge in [-0.3, -0.25) is 4.79 Å². The minimum Gasteiger partial charge on any atom is -0.458 e. The Labute approximate surface area is 159 Å². The summed E-state index contributed by atoms with van der Waals surface area (Å²) in [6.07, 6.45) is 0.457. The lowest BCUT2D eigenvalue weighted by Crippen LogP contribution is -2.32. The number of hydrogen-bond acceptors (Lipinski definition) is 6. The highest BCUT2D eigenvalue weighted by Crippen LogP contribution is 2.18. The molecule has 1 aliphatic heterocycles. The average molecular weight is 389 g/mol. The molecular weight excluding hydrogens is 366 g/mol. The Balaban J connectivity index is 1.53. The van der Waals surface area contributed by atoms with E-state index in [0.717, 1.165) is 11.4 Å². The quantitative estimate of drug-likeness (QED) is 0.750. The molecule has 1 aliphatic rings. The molecule has 0 N–H and O–H groups in total. The van der Waals surface area contributed by atoms with Crippen LogP contribution in [0.15, 0.2) is 41.3 Å². The van der Waals surface area contributed by atoms with Crippen LogP contribution in [0, 0.1) is 13.8 Å². The van der Waals surface area contributed by atoms with E-state index in [1.54, 1.807) is 35.2 Å². The standard InChI is InChI=1S/C19H23N3O4S/c1-14-12-15(2)21-19(20-14)26-16-8-10-22(13-16)18(23)9-11-27(24,25)17-6-4-3-5-7-17/h3-7,12,16H,8-11,13H2,1-2H3/t16-/m0/s1. The Bertz CT molecular complexity index is 896. The van der Waals surface area contributed by atoms with Crippen LogP contribution in [0.25, 0.3) is 0 Å². The van der Waals surface area contributed by atoms with Crippen LogP contribution in [-0.2, 0) is 14.6 Å². The number of hydrogen-bond donors (Lipinski definition) is 0. The van der Waals surface area contributed by atoms with E-state index in [1.165, 1.54) is 0 Å². The third kappa shape index (κ3) is 5.03. The van der Waals surface area contributed by atoms with Gasteiger partial charge >= 0.3 is 6.01 Å². The maximum atomic E-state index is 12.4. The van der Waals surface area contributed by atoms with Gasteiger partial charge in [-0.2, -0.15) is 0 Å². The van der Waals surface area contributed by atoms with Crippen LogP contribution in [0.2, 0.25) is 0 Å². The maximum Gasteiger partial charge on any atom is 0.317 e. The summed E-state index contributed by atoms with van der Waals surface area (Å²) in [7, 11) is -3.46. The van der Waals surface area contributed by atoms with Gasteiger partial charge in [-0.05, 0) is 32.0 Å². The molecule has 0 aliphatic carbocycles. The number of aryl methyl sites for hydroxylation is 2. The van der Waals surface area contributed by atoms with Crippen LogP contribution >= 0.6 is 0 Å². The lowest BCUT2D eigenvalue weighted by atomic mass is 10.3. The summed E-state index contributed by atoms with van der Waals surface area (Å²) in [6.45, 7) is 4.71. The molecule has 0 saturated carbocycles. The Kier molecular flexibility index (Phi) is 5.74. The predicted molar refractivity (Wildman–Crippen MR) is 100 cm³/mol. The minimum atomic E-state index is -3.46. The number of carbonyl (C=O) groups excluding carboxylic acids is 1. The Hall–Kier alpha value is -2.48. The first kappa shape index (κ1) is 19.3. The highest BCUT2D eigenvalue weighted by Gasteiger charge is 2.29. The van der Waals surface area contributed by atoms with Crippen molar-refractivity contribution < 1.29 is 17.9 Å². The van der Waals surface area contributed by atoms with Gasteiger partial charge in [-0.1, -0.05) is 18.2 Å². The number of likely N-dealkylation sites (tertiary alicyclic amines) is 1. The molecule has 2 heterocycles. The fourth-order valence-electron chi connectivity index (χ4n) is 3.07. The van der Waals surface area contributed by atoms with Crippen LogP contribution in [0.1, 0.15) is 24.2 Å². The van der Waals surface area contributed by atoms with Crippen molar-refractivity contribution >= 4 is 15.7 Å². The van der Waals surface area contributed by atoms with Gasteiger partial charge in [-0.15, -0.1) is 0 Å². The first-order valence-corrected chi connectivity index (χ1v) is 10.5. The van der Waals surface area contributed by atoms with Crippen LogP contribution in [0.5, 0.6) is 6.01 Å². The molecule has 0 spiro atoms. The molecule has 7 nitrogen and oxygen atoms in total. The van der Waals surface area contributed by atoms with Crippen LogP contribution in [0.4, 0.5) is 0 Å². The smallest absolute Gasteiger partial charge is 0.317 e. The summed E-state index contributed by atoms with van der Waals surface area (Å²) in [4.78, 5) is 22.8. The van der Waals surface area contributed by atoms with Crippen molar-refractivity contribution in [2.24, 2.45) is 0 Å². The molecule has 0 bridgehead atoms. The van der Waals surface area contributed by atoms with Crippen molar-refractivity contribution in [2.75, 3.05) is 18.8 Å². The molecule has 144 valence electrons. The third-order valence-electron chi connectivity index (χ3n) is 4.42. The summed E-state index contributed by atoms with van der Waals surface area (Å²) < 4.78 is 30.4. The van der Waals surface area contributed by atoms with Gasteiger partial charge in [-0.25, -0.2) is 18.4 Å². The normalized spacial score (nSPS) is 17.1. The highest BCUT2D eigenvalue weighted by atomic mass is 32.2. The van der Waals surface area contributed by atoms with E-state index in [1.807, 2.05) is 19.9 Å². The second-order valence-corrected chi connectivity index (χ2v) is 8.79. The van der Waals surface area contributed by atoms with Crippen molar-refractivity contribution in [3.63, 3.8) is 0 Å². The predicted octanol–water partition coefficient (Wildman–Crippen LogP) is 1.94. The molecule has 1 atom stereocenters. The molecule has 0 radical (unpaired) electrons. The van der Waals surface area contributed by atoms with Crippen LogP contribution < -0.4 is 4.74 Å². The molecule has 1 fully saturated rings. The third-order valence-corrected chi connectivity index (χ3v) is 6.15. The zero-order chi connectivity index (χ0) is 19.4. The molecule has 1 aromatic carbocycles. The summed E-state index contributed by atoms with van der Waals surface area (Å²) in [5.41, 5.74) is 1.66. The monoisotopic (exact) mass is 389 g/mol. The number of carbonyl (C=O) groups is 1. The molecular formula is C19H23N3O4S. The van der Waals surface area contributed by atoms with E-state index >= 15 is 0 Å². The second kappa shape index (κ2) is 8.04. The topological polar surface area (TPSA) is 89.5 Å². The summed E-state index contributed by atoms with van der Waals surface area (Å²) in [5, 5.41) is 0. The summed E-state index contributed by atoms with van der Waals surface area (Å²) in [5.74, 6) is -0.375. The SMILES string of the molecule is Cc1cc(C)nc(O[C@H]2CCN(C(=O)CCS(=O)(=O)c3ccccc3)C2)n1. The number of benzene rings is 1. The number of nitrogens with zero attached hydrogens (tertiary/aromatic N) is 3. The Morgan fingerprint density at radius 3 is 2.52 bits per heavy atom. The molecule has 1 aromatic heterocycles. The molecule has 0 unspecified atom stereocenters. The van der Waals surface area contributed by atoms with Crippen molar-refractivity contribution in [1.82, 2.24) is 14.9 Å². The van der Waals surface area contributed by atoms with Gasteiger partial charge in [0.1, 0.15) is 6.10 Å². The van der Waals surface area contributed by atoms with E-state index < -0.39 is 9.84 Å². The summed E-state index contributed by atoms with van der Waals surface area (Å²) >= 11 is 0. The molecule has 1 saturated heterocycles. The molecule has 27 heavy (non-hydrogen) atoms. The van der Waals surface area contributed by atoms with Crippen molar-refractivity contribution in [3.05, 3.63) is 47.8 Å². The second-order valence-electron chi connectivity index (χ2n) is 6.68. The lowest BCUT2D eigenvalue weighted by molar-refractivity contribution is -0.130. The fourth-order valence-corrected chi connectivity index (χ4v) is 4.32. The zero-order valence-corrected chi connectivity index (χ0v) is 16.3. The lowest BCUT2D eigenvalue weighted by Gasteiger charge is -2.17. The van der Waals surface area contributed by atoms with Crippen LogP contribution in [0.3, 0.4) is 0 Å². The molecule has 2 aromatic rings. The number of rotatable bonds is 6. The van der Waals surface area contributed by atoms with Gasteiger partial charge in [0, 0.05) is 30.8 Å². The number of amides is 1. The molecule has 3 rings (SSSR count). The zero-order valence-electron chi connectivity index (χ0n) is 15.5. The maximum absolute atomic E-state index is 12.4. The molecule has 8 heteroatoms. The van der Waals surface area contributed by atoms with Crippen molar-refractivity contribution in [2.45, 2.75) is 37.7 Å². The minimum absolute atomic E-state index is 0.0377. The Morgan fingerprint density at radius 2 is 1.85 bits per heavy atom. The van der Waals surface area contributed by atoms with Gasteiger partial charge in [0.2, 0.25) is 5.91 Å². The fraction of sp³-hybridized carbons (Fsp3) is 0.421. The summed E-state index contributed by atoms with van der Waals surface area (Å²) in [6, 6.07) is 10.4.